The van der Waals surface area contributed by atoms with E-state index in [1.165, 1.54) is 0 Å². The highest BCUT2D eigenvalue weighted by molar-refractivity contribution is 5.81. The Kier molecular flexibility index (Phi) is 7.12. The number of urea groups is 1. The van der Waals surface area contributed by atoms with E-state index >= 15 is 0 Å². The van der Waals surface area contributed by atoms with Crippen LogP contribution in [0.5, 0.6) is 11.5 Å². The Morgan fingerprint density at radius 2 is 2.08 bits per heavy atom. The van der Waals surface area contributed by atoms with E-state index in [1.54, 1.807) is 19.1 Å². The van der Waals surface area contributed by atoms with Gasteiger partial charge >= 0.3 is 6.03 Å². The molecular weight excluding hydrogens is 334 g/mol. The summed E-state index contributed by atoms with van der Waals surface area (Å²) >= 11 is 0. The number of nitrogens with one attached hydrogen (secondary N) is 2. The van der Waals surface area contributed by atoms with E-state index in [0.717, 1.165) is 18.4 Å². The van der Waals surface area contributed by atoms with E-state index in [9.17, 15) is 9.59 Å². The molecule has 1 heterocycles. The van der Waals surface area contributed by atoms with Crippen LogP contribution >= 0.6 is 0 Å². The zero-order chi connectivity index (χ0) is 19.1. The Hall–Kier alpha value is -2.44. The molecule has 1 aliphatic heterocycles. The van der Waals surface area contributed by atoms with Gasteiger partial charge in [0.1, 0.15) is 11.5 Å². The molecule has 1 fully saturated rings. The molecular formula is C19H29N3O4. The smallest absolute Gasteiger partial charge is 0.317 e. The number of amides is 3. The highest BCUT2D eigenvalue weighted by Gasteiger charge is 2.29. The minimum absolute atomic E-state index is 0.0208. The zero-order valence-corrected chi connectivity index (χ0v) is 16.0. The van der Waals surface area contributed by atoms with Crippen LogP contribution in [0.1, 0.15) is 38.3 Å². The van der Waals surface area contributed by atoms with E-state index in [2.05, 4.69) is 10.6 Å². The minimum Gasteiger partial charge on any atom is -0.497 e. The molecule has 7 nitrogen and oxygen atoms in total. The van der Waals surface area contributed by atoms with E-state index in [4.69, 9.17) is 9.47 Å². The second-order valence-electron chi connectivity index (χ2n) is 6.46. The van der Waals surface area contributed by atoms with Crippen molar-refractivity contribution in [3.8, 4) is 11.5 Å². The Morgan fingerprint density at radius 1 is 1.31 bits per heavy atom. The van der Waals surface area contributed by atoms with Crippen LogP contribution in [-0.2, 0) is 4.79 Å². The van der Waals surface area contributed by atoms with Gasteiger partial charge in [-0.1, -0.05) is 0 Å². The van der Waals surface area contributed by atoms with E-state index in [1.807, 2.05) is 32.0 Å². The molecule has 0 aromatic heterocycles. The fourth-order valence-corrected chi connectivity index (χ4v) is 3.23. The van der Waals surface area contributed by atoms with Crippen molar-refractivity contribution in [3.63, 3.8) is 0 Å². The number of ether oxygens (including phenoxy) is 2. The van der Waals surface area contributed by atoms with E-state index < -0.39 is 0 Å². The molecule has 2 unspecified atom stereocenters. The highest BCUT2D eigenvalue weighted by atomic mass is 16.5. The molecule has 26 heavy (non-hydrogen) atoms. The molecule has 0 aliphatic carbocycles. The molecule has 1 aromatic carbocycles. The number of benzene rings is 1. The molecule has 3 amide bonds. The quantitative estimate of drug-likeness (QED) is 0.813. The van der Waals surface area contributed by atoms with Crippen LogP contribution in [0.25, 0.3) is 0 Å². The van der Waals surface area contributed by atoms with Gasteiger partial charge in [-0.25, -0.2) is 4.79 Å². The SMILES string of the molecule is CCNC(=O)C1CCCN(C(=O)NC(C)c2cc(OC)ccc2OC)C1. The lowest BCUT2D eigenvalue weighted by Gasteiger charge is -2.33. The molecule has 0 radical (unpaired) electrons. The third-order valence-electron chi connectivity index (χ3n) is 4.67. The molecule has 0 bridgehead atoms. The summed E-state index contributed by atoms with van der Waals surface area (Å²) in [6.45, 7) is 5.51. The molecule has 1 aromatic rings. The van der Waals surface area contributed by atoms with Crippen LogP contribution in [0, 0.1) is 5.92 Å². The number of likely N-dealkylation sites (tertiary alicyclic amines) is 1. The van der Waals surface area contributed by atoms with Crippen molar-refractivity contribution in [2.24, 2.45) is 5.92 Å². The minimum atomic E-state index is -0.252. The Morgan fingerprint density at radius 3 is 2.73 bits per heavy atom. The summed E-state index contributed by atoms with van der Waals surface area (Å²) in [6.07, 6.45) is 1.64. The van der Waals surface area contributed by atoms with Gasteiger partial charge in [-0.15, -0.1) is 0 Å². The fraction of sp³-hybridized carbons (Fsp3) is 0.579. The predicted molar refractivity (Wildman–Crippen MR) is 99.5 cm³/mol. The van der Waals surface area contributed by atoms with Gasteiger partial charge in [-0.05, 0) is 44.9 Å². The third-order valence-corrected chi connectivity index (χ3v) is 4.67. The summed E-state index contributed by atoms with van der Waals surface area (Å²) in [5.41, 5.74) is 0.845. The Balaban J connectivity index is 2.03. The van der Waals surface area contributed by atoms with Crippen molar-refractivity contribution in [1.29, 1.82) is 0 Å². The fourth-order valence-electron chi connectivity index (χ4n) is 3.23. The maximum Gasteiger partial charge on any atom is 0.317 e. The van der Waals surface area contributed by atoms with Gasteiger partial charge in [0.25, 0.3) is 0 Å². The van der Waals surface area contributed by atoms with Crippen LogP contribution in [0.4, 0.5) is 4.79 Å². The molecule has 1 saturated heterocycles. The van der Waals surface area contributed by atoms with Gasteiger partial charge in [-0.2, -0.15) is 0 Å². The lowest BCUT2D eigenvalue weighted by atomic mass is 9.97. The third kappa shape index (κ3) is 4.80. The molecule has 0 saturated carbocycles. The van der Waals surface area contributed by atoms with E-state index in [0.29, 0.717) is 31.1 Å². The number of carbonyl (C=O) groups is 2. The number of hydrogen-bond donors (Lipinski definition) is 2. The molecule has 1 aliphatic rings. The van der Waals surface area contributed by atoms with Gasteiger partial charge < -0.3 is 25.0 Å². The van der Waals surface area contributed by atoms with Crippen LogP contribution < -0.4 is 20.1 Å². The van der Waals surface area contributed by atoms with Gasteiger partial charge in [0, 0.05) is 25.2 Å². The van der Waals surface area contributed by atoms with E-state index in [-0.39, 0.29) is 23.9 Å². The first-order valence-electron chi connectivity index (χ1n) is 9.05. The van der Waals surface area contributed by atoms with Crippen molar-refractivity contribution in [2.75, 3.05) is 33.9 Å². The summed E-state index contributed by atoms with van der Waals surface area (Å²) in [6, 6.07) is 5.08. The number of methoxy groups -OCH3 is 2. The van der Waals surface area contributed by atoms with Crippen LogP contribution in [0.15, 0.2) is 18.2 Å². The molecule has 144 valence electrons. The van der Waals surface area contributed by atoms with Crippen molar-refractivity contribution in [2.45, 2.75) is 32.7 Å². The lowest BCUT2D eigenvalue weighted by molar-refractivity contribution is -0.126. The van der Waals surface area contributed by atoms with Crippen molar-refractivity contribution in [1.82, 2.24) is 15.5 Å². The largest absolute Gasteiger partial charge is 0.497 e. The molecule has 7 heteroatoms. The maximum atomic E-state index is 12.7. The first kappa shape index (κ1) is 19.9. The van der Waals surface area contributed by atoms with Crippen molar-refractivity contribution in [3.05, 3.63) is 23.8 Å². The normalized spacial score (nSPS) is 18.0. The lowest BCUT2D eigenvalue weighted by Crippen LogP contribution is -2.49. The van der Waals surface area contributed by atoms with Gasteiger partial charge in [-0.3, -0.25) is 4.79 Å². The van der Waals surface area contributed by atoms with Crippen LogP contribution in [0.2, 0.25) is 0 Å². The van der Waals surface area contributed by atoms with Crippen LogP contribution in [0.3, 0.4) is 0 Å². The summed E-state index contributed by atoms with van der Waals surface area (Å²) in [7, 11) is 3.20. The molecule has 0 spiro atoms. The van der Waals surface area contributed by atoms with Gasteiger partial charge in [0.2, 0.25) is 5.91 Å². The number of piperidine rings is 1. The number of carbonyl (C=O) groups excluding carboxylic acids is 2. The average Bonchev–Trinajstić information content (AvgIpc) is 2.67. The summed E-state index contributed by atoms with van der Waals surface area (Å²) in [4.78, 5) is 26.5. The predicted octanol–water partition coefficient (Wildman–Crippen LogP) is 2.32. The second kappa shape index (κ2) is 9.31. The molecule has 2 rings (SSSR count). The number of nitrogens with zero attached hydrogens (tertiary/aromatic N) is 1. The monoisotopic (exact) mass is 363 g/mol. The topological polar surface area (TPSA) is 79.9 Å². The van der Waals surface area contributed by atoms with Gasteiger partial charge in [0.15, 0.2) is 0 Å². The summed E-state index contributed by atoms with van der Waals surface area (Å²) < 4.78 is 10.7. The number of rotatable bonds is 6. The maximum absolute atomic E-state index is 12.7. The summed E-state index contributed by atoms with van der Waals surface area (Å²) in [5, 5.41) is 5.84. The highest BCUT2D eigenvalue weighted by Crippen LogP contribution is 2.29. The number of hydrogen-bond acceptors (Lipinski definition) is 4. The second-order valence-corrected chi connectivity index (χ2v) is 6.46. The Labute approximate surface area is 155 Å². The van der Waals surface area contributed by atoms with Crippen molar-refractivity contribution >= 4 is 11.9 Å². The first-order valence-corrected chi connectivity index (χ1v) is 9.05. The Bertz CT molecular complexity index is 635. The zero-order valence-electron chi connectivity index (χ0n) is 16.0. The van der Waals surface area contributed by atoms with Gasteiger partial charge in [0.05, 0.1) is 26.2 Å². The molecule has 2 atom stereocenters. The first-order chi connectivity index (χ1) is 12.5. The average molecular weight is 363 g/mol. The molecule has 2 N–H and O–H groups in total. The summed E-state index contributed by atoms with van der Waals surface area (Å²) in [5.74, 6) is 1.28. The van der Waals surface area contributed by atoms with Crippen molar-refractivity contribution < 1.29 is 19.1 Å². The van der Waals surface area contributed by atoms with Crippen LogP contribution in [-0.4, -0.2) is 50.7 Å². The standard InChI is InChI=1S/C19H29N3O4/c1-5-20-18(23)14-7-6-10-22(12-14)19(24)21-13(2)16-11-15(25-3)8-9-17(16)26-4/h8-9,11,13-14H,5-7,10,12H2,1-4H3,(H,20,23)(H,21,24).